The van der Waals surface area contributed by atoms with Gasteiger partial charge in [0.05, 0.1) is 12.1 Å². The number of thiophene rings is 1. The van der Waals surface area contributed by atoms with Crippen LogP contribution in [-0.4, -0.2) is 10.2 Å². The van der Waals surface area contributed by atoms with Gasteiger partial charge >= 0.3 is 0 Å². The molecule has 0 aliphatic carbocycles. The fourth-order valence-corrected chi connectivity index (χ4v) is 3.88. The summed E-state index contributed by atoms with van der Waals surface area (Å²) in [6.45, 7) is 4.10. The Kier molecular flexibility index (Phi) is 5.14. The molecule has 0 unspecified atom stereocenters. The first-order valence-electron chi connectivity index (χ1n) is 8.95. The van der Waals surface area contributed by atoms with E-state index in [1.165, 1.54) is 16.0 Å². The van der Waals surface area contributed by atoms with Gasteiger partial charge in [-0.2, -0.15) is 0 Å². The molecule has 0 aliphatic rings. The third-order valence-electron chi connectivity index (χ3n) is 4.45. The molecule has 0 radical (unpaired) electrons. The summed E-state index contributed by atoms with van der Waals surface area (Å²) in [5.74, 6) is 1.14. The lowest BCUT2D eigenvalue weighted by atomic mass is 10.0. The van der Waals surface area contributed by atoms with Gasteiger partial charge in [-0.05, 0) is 43.0 Å². The van der Waals surface area contributed by atoms with Gasteiger partial charge in [-0.15, -0.1) is 21.5 Å². The van der Waals surface area contributed by atoms with Crippen LogP contribution in [0.1, 0.15) is 40.9 Å². The van der Waals surface area contributed by atoms with Crippen LogP contribution >= 0.6 is 11.3 Å². The number of hydrogen-bond acceptors (Lipinski definition) is 5. The minimum Gasteiger partial charge on any atom is -0.419 e. The van der Waals surface area contributed by atoms with Crippen molar-refractivity contribution in [1.29, 1.82) is 0 Å². The largest absolute Gasteiger partial charge is 0.419 e. The second kappa shape index (κ2) is 7.86. The summed E-state index contributed by atoms with van der Waals surface area (Å²) in [4.78, 5) is 1.26. The number of aromatic nitrogens is 2. The van der Waals surface area contributed by atoms with Gasteiger partial charge in [0.15, 0.2) is 0 Å². The molecule has 0 aliphatic heterocycles. The molecular weight excluding hydrogens is 354 g/mol. The summed E-state index contributed by atoms with van der Waals surface area (Å²) in [6, 6.07) is 22.7. The molecule has 0 amide bonds. The van der Waals surface area contributed by atoms with Gasteiger partial charge in [-0.25, -0.2) is 0 Å². The van der Waals surface area contributed by atoms with Crippen LogP contribution in [0.5, 0.6) is 0 Å². The van der Waals surface area contributed by atoms with E-state index in [4.69, 9.17) is 4.42 Å². The molecule has 4 aromatic rings. The molecule has 2 aromatic carbocycles. The van der Waals surface area contributed by atoms with Crippen LogP contribution in [0.4, 0.5) is 0 Å². The topological polar surface area (TPSA) is 51.0 Å². The average Bonchev–Trinajstić information content (AvgIpc) is 3.39. The van der Waals surface area contributed by atoms with Gasteiger partial charge in [0, 0.05) is 10.4 Å². The lowest BCUT2D eigenvalue weighted by Crippen LogP contribution is -2.25. The van der Waals surface area contributed by atoms with E-state index in [1.54, 1.807) is 11.3 Å². The van der Waals surface area contributed by atoms with E-state index in [-0.39, 0.29) is 12.1 Å². The van der Waals surface area contributed by atoms with Crippen LogP contribution in [0.25, 0.3) is 11.5 Å². The normalized spacial score (nSPS) is 13.4. The van der Waals surface area contributed by atoms with Crippen molar-refractivity contribution in [3.8, 4) is 11.5 Å². The van der Waals surface area contributed by atoms with Crippen LogP contribution in [0.2, 0.25) is 0 Å². The Morgan fingerprint density at radius 3 is 2.56 bits per heavy atom. The van der Waals surface area contributed by atoms with Crippen molar-refractivity contribution in [3.05, 3.63) is 94.0 Å². The highest BCUT2D eigenvalue weighted by atomic mass is 32.1. The van der Waals surface area contributed by atoms with Crippen molar-refractivity contribution < 1.29 is 4.42 Å². The zero-order valence-corrected chi connectivity index (χ0v) is 16.1. The zero-order chi connectivity index (χ0) is 18.6. The fraction of sp³-hybridized carbons (Fsp3) is 0.182. The first kappa shape index (κ1) is 17.6. The molecule has 0 saturated heterocycles. The standard InChI is InChI=1S/C22H21N3OS/c1-15-8-6-11-18(14-15)22-25-24-21(26-22)16(2)23-20(19-12-7-13-27-19)17-9-4-3-5-10-17/h3-14,16,20,23H,1-2H3/t16-,20+/m1/s1. The van der Waals surface area contributed by atoms with Gasteiger partial charge in [-0.1, -0.05) is 54.1 Å². The SMILES string of the molecule is Cc1cccc(-c2nnc([C@@H](C)N[C@@H](c3ccccc3)c3cccs3)o2)c1. The average molecular weight is 375 g/mol. The minimum absolute atomic E-state index is 0.0792. The quantitative estimate of drug-likeness (QED) is 0.480. The van der Waals surface area contributed by atoms with Crippen molar-refractivity contribution in [3.63, 3.8) is 0 Å². The molecule has 136 valence electrons. The molecule has 5 heteroatoms. The Bertz CT molecular complexity index is 995. The highest BCUT2D eigenvalue weighted by molar-refractivity contribution is 7.10. The Labute approximate surface area is 162 Å². The lowest BCUT2D eigenvalue weighted by Gasteiger charge is -2.21. The van der Waals surface area contributed by atoms with Crippen LogP contribution in [0.3, 0.4) is 0 Å². The predicted octanol–water partition coefficient (Wildman–Crippen LogP) is 5.55. The second-order valence-electron chi connectivity index (χ2n) is 6.56. The Balaban J connectivity index is 1.58. The molecule has 0 spiro atoms. The Hall–Kier alpha value is -2.76. The molecule has 4 nitrogen and oxygen atoms in total. The maximum atomic E-state index is 5.96. The van der Waals surface area contributed by atoms with Crippen molar-refractivity contribution in [2.24, 2.45) is 0 Å². The second-order valence-corrected chi connectivity index (χ2v) is 7.54. The van der Waals surface area contributed by atoms with Crippen molar-refractivity contribution in [2.75, 3.05) is 0 Å². The van der Waals surface area contributed by atoms with E-state index in [2.05, 4.69) is 77.2 Å². The van der Waals surface area contributed by atoms with Crippen LogP contribution in [-0.2, 0) is 0 Å². The summed E-state index contributed by atoms with van der Waals surface area (Å²) in [5.41, 5.74) is 3.32. The molecule has 0 fully saturated rings. The number of aryl methyl sites for hydroxylation is 1. The number of nitrogens with one attached hydrogen (secondary N) is 1. The van der Waals surface area contributed by atoms with E-state index in [9.17, 15) is 0 Å². The van der Waals surface area contributed by atoms with Gasteiger partial charge < -0.3 is 4.42 Å². The van der Waals surface area contributed by atoms with Gasteiger partial charge in [-0.3, -0.25) is 5.32 Å². The minimum atomic E-state index is -0.0802. The summed E-state index contributed by atoms with van der Waals surface area (Å²) < 4.78 is 5.96. The fourth-order valence-electron chi connectivity index (χ4n) is 3.07. The van der Waals surface area contributed by atoms with E-state index in [0.29, 0.717) is 11.8 Å². The third-order valence-corrected chi connectivity index (χ3v) is 5.39. The summed E-state index contributed by atoms with van der Waals surface area (Å²) >= 11 is 1.74. The van der Waals surface area contributed by atoms with E-state index in [0.717, 1.165) is 5.56 Å². The molecule has 2 heterocycles. The molecule has 27 heavy (non-hydrogen) atoms. The van der Waals surface area contributed by atoms with Crippen LogP contribution < -0.4 is 5.32 Å². The number of hydrogen-bond donors (Lipinski definition) is 1. The van der Waals surface area contributed by atoms with Gasteiger partial charge in [0.2, 0.25) is 11.8 Å². The highest BCUT2D eigenvalue weighted by Crippen LogP contribution is 2.29. The first-order valence-corrected chi connectivity index (χ1v) is 9.83. The monoisotopic (exact) mass is 375 g/mol. The van der Waals surface area contributed by atoms with Crippen molar-refractivity contribution in [2.45, 2.75) is 25.9 Å². The smallest absolute Gasteiger partial charge is 0.247 e. The molecule has 2 aromatic heterocycles. The number of rotatable bonds is 6. The summed E-state index contributed by atoms with van der Waals surface area (Å²) in [7, 11) is 0. The zero-order valence-electron chi connectivity index (χ0n) is 15.3. The summed E-state index contributed by atoms with van der Waals surface area (Å²) in [5, 5.41) is 14.3. The van der Waals surface area contributed by atoms with Crippen LogP contribution in [0, 0.1) is 6.92 Å². The molecule has 0 saturated carbocycles. The Morgan fingerprint density at radius 1 is 0.963 bits per heavy atom. The van der Waals surface area contributed by atoms with Crippen LogP contribution in [0.15, 0.2) is 76.5 Å². The lowest BCUT2D eigenvalue weighted by molar-refractivity contribution is 0.405. The maximum absolute atomic E-state index is 5.96. The number of benzene rings is 2. The predicted molar refractivity (Wildman–Crippen MR) is 109 cm³/mol. The van der Waals surface area contributed by atoms with E-state index < -0.39 is 0 Å². The van der Waals surface area contributed by atoms with Gasteiger partial charge in [0.1, 0.15) is 0 Å². The maximum Gasteiger partial charge on any atom is 0.247 e. The van der Waals surface area contributed by atoms with E-state index >= 15 is 0 Å². The number of nitrogens with zero attached hydrogens (tertiary/aromatic N) is 2. The first-order chi connectivity index (χ1) is 13.2. The van der Waals surface area contributed by atoms with Gasteiger partial charge in [0.25, 0.3) is 0 Å². The molecule has 1 N–H and O–H groups in total. The molecule has 2 atom stereocenters. The molecule has 0 bridgehead atoms. The van der Waals surface area contributed by atoms with E-state index in [1.807, 2.05) is 24.3 Å². The van der Waals surface area contributed by atoms with Crippen molar-refractivity contribution in [1.82, 2.24) is 15.5 Å². The molecule has 4 rings (SSSR count). The third kappa shape index (κ3) is 3.99. The highest BCUT2D eigenvalue weighted by Gasteiger charge is 2.22. The molecular formula is C22H21N3OS. The summed E-state index contributed by atoms with van der Waals surface area (Å²) in [6.07, 6.45) is 0. The Morgan fingerprint density at radius 2 is 1.81 bits per heavy atom. The van der Waals surface area contributed by atoms with Crippen molar-refractivity contribution >= 4 is 11.3 Å².